The van der Waals surface area contributed by atoms with E-state index < -0.39 is 0 Å². The van der Waals surface area contributed by atoms with Crippen molar-refractivity contribution in [3.05, 3.63) is 58.7 Å². The molecule has 0 unspecified atom stereocenters. The number of aryl methyl sites for hydroxylation is 2. The Morgan fingerprint density at radius 1 is 1.15 bits per heavy atom. The molecule has 4 nitrogen and oxygen atoms in total. The number of nitrogens with two attached hydrogens (primary N) is 1. The summed E-state index contributed by atoms with van der Waals surface area (Å²) in [6.45, 7) is 3.66. The van der Waals surface area contributed by atoms with Crippen LogP contribution in [0.3, 0.4) is 0 Å². The maximum atomic E-state index is 12.3. The Kier molecular flexibility index (Phi) is 3.72. The summed E-state index contributed by atoms with van der Waals surface area (Å²) in [6, 6.07) is 12.7. The maximum Gasteiger partial charge on any atom is 0.258 e. The number of nitrogens with zero attached hydrogens (tertiary/aromatic N) is 1. The zero-order chi connectivity index (χ0) is 14.7. The van der Waals surface area contributed by atoms with Gasteiger partial charge in [0, 0.05) is 5.69 Å². The zero-order valence-corrected chi connectivity index (χ0v) is 11.4. The van der Waals surface area contributed by atoms with Gasteiger partial charge in [-0.3, -0.25) is 4.79 Å². The number of nitrogen functional groups attached to an aromatic ring is 1. The van der Waals surface area contributed by atoms with Crippen LogP contribution in [-0.4, -0.2) is 5.91 Å². The minimum atomic E-state index is -0.303. The first-order chi connectivity index (χ1) is 9.54. The van der Waals surface area contributed by atoms with Crippen LogP contribution in [0.1, 0.15) is 27.0 Å². The minimum Gasteiger partial charge on any atom is -0.398 e. The summed E-state index contributed by atoms with van der Waals surface area (Å²) < 4.78 is 0. The Balaban J connectivity index is 2.39. The highest BCUT2D eigenvalue weighted by molar-refractivity contribution is 6.09. The number of carbonyl (C=O) groups excluding carboxylic acids is 1. The minimum absolute atomic E-state index is 0.303. The second-order valence-electron chi connectivity index (χ2n) is 4.60. The fourth-order valence-electron chi connectivity index (χ4n) is 2.11. The van der Waals surface area contributed by atoms with E-state index in [0.717, 1.165) is 11.1 Å². The third kappa shape index (κ3) is 2.47. The molecule has 2 aromatic carbocycles. The molecule has 0 aromatic heterocycles. The summed E-state index contributed by atoms with van der Waals surface area (Å²) in [4.78, 5) is 12.3. The monoisotopic (exact) mass is 265 g/mol. The van der Waals surface area contributed by atoms with Crippen LogP contribution in [0.25, 0.3) is 0 Å². The normalized spacial score (nSPS) is 9.85. The fraction of sp³-hybridized carbons (Fsp3) is 0.125. The van der Waals surface area contributed by atoms with Crippen LogP contribution in [0.5, 0.6) is 0 Å². The van der Waals surface area contributed by atoms with Crippen molar-refractivity contribution in [2.75, 3.05) is 11.1 Å². The van der Waals surface area contributed by atoms with Crippen LogP contribution >= 0.6 is 0 Å². The van der Waals surface area contributed by atoms with Gasteiger partial charge in [-0.05, 0) is 37.1 Å². The predicted molar refractivity (Wildman–Crippen MR) is 79.4 cm³/mol. The van der Waals surface area contributed by atoms with Gasteiger partial charge in [0.05, 0.1) is 16.8 Å². The van der Waals surface area contributed by atoms with Gasteiger partial charge in [-0.1, -0.05) is 24.3 Å². The first-order valence-electron chi connectivity index (χ1n) is 6.20. The lowest BCUT2D eigenvalue weighted by Crippen LogP contribution is -2.16. The molecule has 3 N–H and O–H groups in total. The van der Waals surface area contributed by atoms with Gasteiger partial charge in [0.1, 0.15) is 6.07 Å². The van der Waals surface area contributed by atoms with Gasteiger partial charge < -0.3 is 11.1 Å². The summed E-state index contributed by atoms with van der Waals surface area (Å²) in [5, 5.41) is 11.9. The molecule has 0 spiro atoms. The molecule has 0 saturated carbocycles. The Morgan fingerprint density at radius 2 is 1.80 bits per heavy atom. The molecule has 0 aliphatic carbocycles. The van der Waals surface area contributed by atoms with Crippen molar-refractivity contribution in [1.82, 2.24) is 0 Å². The highest BCUT2D eigenvalue weighted by Gasteiger charge is 2.14. The number of hydrogen-bond donors (Lipinski definition) is 2. The number of hydrogen-bond acceptors (Lipinski definition) is 3. The third-order valence-electron chi connectivity index (χ3n) is 3.16. The Bertz CT molecular complexity index is 694. The van der Waals surface area contributed by atoms with Crippen molar-refractivity contribution in [3.63, 3.8) is 0 Å². The highest BCUT2D eigenvalue weighted by Crippen LogP contribution is 2.22. The number of amides is 1. The molecule has 0 bridgehead atoms. The second-order valence-corrected chi connectivity index (χ2v) is 4.60. The molecular formula is C16H15N3O. The fourth-order valence-corrected chi connectivity index (χ4v) is 2.11. The lowest BCUT2D eigenvalue weighted by Gasteiger charge is -2.12. The quantitative estimate of drug-likeness (QED) is 0.819. The van der Waals surface area contributed by atoms with E-state index in [1.165, 1.54) is 0 Å². The van der Waals surface area contributed by atoms with Crippen LogP contribution < -0.4 is 11.1 Å². The molecule has 4 heteroatoms. The van der Waals surface area contributed by atoms with Gasteiger partial charge in [-0.25, -0.2) is 0 Å². The lowest BCUT2D eigenvalue weighted by molar-refractivity contribution is 0.102. The molecule has 100 valence electrons. The number of nitrogens with one attached hydrogen (secondary N) is 1. The standard InChI is InChI=1S/C16H15N3O/c1-10-5-4-8-14(12(10)9-17)19-16(20)15-11(2)6-3-7-13(15)18/h3-8H,18H2,1-2H3,(H,19,20). The number of carbonyl (C=O) groups is 1. The number of nitriles is 1. The van der Waals surface area contributed by atoms with Crippen molar-refractivity contribution in [1.29, 1.82) is 5.26 Å². The molecule has 0 radical (unpaired) electrons. The number of benzene rings is 2. The van der Waals surface area contributed by atoms with Crippen LogP contribution in [0, 0.1) is 25.2 Å². The molecule has 20 heavy (non-hydrogen) atoms. The zero-order valence-electron chi connectivity index (χ0n) is 11.4. The maximum absolute atomic E-state index is 12.3. The van der Waals surface area contributed by atoms with Crippen molar-refractivity contribution in [3.8, 4) is 6.07 Å². The lowest BCUT2D eigenvalue weighted by atomic mass is 10.0. The molecule has 0 aliphatic heterocycles. The molecule has 2 aromatic rings. The third-order valence-corrected chi connectivity index (χ3v) is 3.16. The van der Waals surface area contributed by atoms with E-state index in [0.29, 0.717) is 22.5 Å². The molecule has 0 aliphatic rings. The van der Waals surface area contributed by atoms with E-state index in [1.807, 2.05) is 26.0 Å². The average molecular weight is 265 g/mol. The Hall–Kier alpha value is -2.80. The molecule has 0 saturated heterocycles. The van der Waals surface area contributed by atoms with E-state index in [-0.39, 0.29) is 5.91 Å². The van der Waals surface area contributed by atoms with Crippen molar-refractivity contribution >= 4 is 17.3 Å². The summed E-state index contributed by atoms with van der Waals surface area (Å²) in [6.07, 6.45) is 0. The second kappa shape index (κ2) is 5.45. The van der Waals surface area contributed by atoms with E-state index in [4.69, 9.17) is 11.0 Å². The van der Waals surface area contributed by atoms with Gasteiger partial charge in [0.25, 0.3) is 5.91 Å². The van der Waals surface area contributed by atoms with Gasteiger partial charge in [-0.15, -0.1) is 0 Å². The van der Waals surface area contributed by atoms with Gasteiger partial charge >= 0.3 is 0 Å². The smallest absolute Gasteiger partial charge is 0.258 e. The summed E-state index contributed by atoms with van der Waals surface area (Å²) >= 11 is 0. The molecule has 2 rings (SSSR count). The van der Waals surface area contributed by atoms with E-state index >= 15 is 0 Å². The number of anilines is 2. The number of rotatable bonds is 2. The summed E-state index contributed by atoms with van der Waals surface area (Å²) in [5.41, 5.74) is 9.31. The van der Waals surface area contributed by atoms with E-state index in [1.54, 1.807) is 24.3 Å². The van der Waals surface area contributed by atoms with Gasteiger partial charge in [0.15, 0.2) is 0 Å². The van der Waals surface area contributed by atoms with E-state index in [9.17, 15) is 4.79 Å². The first-order valence-corrected chi connectivity index (χ1v) is 6.20. The van der Waals surface area contributed by atoms with Crippen molar-refractivity contribution in [2.45, 2.75) is 13.8 Å². The predicted octanol–water partition coefficient (Wildman–Crippen LogP) is 3.01. The first kappa shape index (κ1) is 13.6. The van der Waals surface area contributed by atoms with Crippen molar-refractivity contribution in [2.24, 2.45) is 0 Å². The van der Waals surface area contributed by atoms with Crippen LogP contribution in [0.2, 0.25) is 0 Å². The van der Waals surface area contributed by atoms with Gasteiger partial charge in [-0.2, -0.15) is 5.26 Å². The van der Waals surface area contributed by atoms with Gasteiger partial charge in [0.2, 0.25) is 0 Å². The Labute approximate surface area is 117 Å². The molecule has 0 atom stereocenters. The van der Waals surface area contributed by atoms with Crippen LogP contribution in [-0.2, 0) is 0 Å². The highest BCUT2D eigenvalue weighted by atomic mass is 16.1. The molecule has 1 amide bonds. The SMILES string of the molecule is Cc1cccc(NC(=O)c2c(C)cccc2N)c1C#N. The van der Waals surface area contributed by atoms with Crippen LogP contribution in [0.4, 0.5) is 11.4 Å². The molecule has 0 heterocycles. The topological polar surface area (TPSA) is 78.9 Å². The average Bonchev–Trinajstić information content (AvgIpc) is 2.38. The van der Waals surface area contributed by atoms with Crippen LogP contribution in [0.15, 0.2) is 36.4 Å². The van der Waals surface area contributed by atoms with E-state index in [2.05, 4.69) is 11.4 Å². The molecule has 0 fully saturated rings. The summed E-state index contributed by atoms with van der Waals surface area (Å²) in [5.74, 6) is -0.303. The largest absolute Gasteiger partial charge is 0.398 e. The molecular weight excluding hydrogens is 250 g/mol. The summed E-state index contributed by atoms with van der Waals surface area (Å²) in [7, 11) is 0. The Morgan fingerprint density at radius 3 is 2.45 bits per heavy atom. The van der Waals surface area contributed by atoms with Crippen molar-refractivity contribution < 1.29 is 4.79 Å².